The van der Waals surface area contributed by atoms with E-state index in [1.807, 2.05) is 37.4 Å². The molecule has 2 fully saturated rings. The van der Waals surface area contributed by atoms with Crippen LogP contribution in [-0.2, 0) is 0 Å². The van der Waals surface area contributed by atoms with Crippen molar-refractivity contribution >= 4 is 23.0 Å². The molecule has 3 heterocycles. The molecular formula is C25H28N4OS. The van der Waals surface area contributed by atoms with Crippen molar-refractivity contribution in [3.05, 3.63) is 78.4 Å². The van der Waals surface area contributed by atoms with Crippen LogP contribution in [0.1, 0.15) is 62.1 Å². The molecule has 31 heavy (non-hydrogen) atoms. The monoisotopic (exact) mass is 432 g/mol. The fraction of sp³-hybridized carbons (Fsp3) is 0.360. The van der Waals surface area contributed by atoms with Crippen molar-refractivity contribution in [2.45, 2.75) is 50.7 Å². The third-order valence-electron chi connectivity index (χ3n) is 6.36. The summed E-state index contributed by atoms with van der Waals surface area (Å²) < 4.78 is 8.12. The van der Waals surface area contributed by atoms with Crippen molar-refractivity contribution in [1.29, 1.82) is 0 Å². The lowest BCUT2D eigenvalue weighted by Crippen LogP contribution is -2.30. The molecule has 1 aliphatic heterocycles. The summed E-state index contributed by atoms with van der Waals surface area (Å²) in [5, 5.41) is 4.29. The van der Waals surface area contributed by atoms with E-state index in [2.05, 4.69) is 56.3 Å². The number of ether oxygens (including phenoxy) is 1. The first kappa shape index (κ1) is 20.1. The molecule has 0 radical (unpaired) electrons. The number of nitrogens with zero attached hydrogens (tertiary/aromatic N) is 3. The van der Waals surface area contributed by atoms with E-state index in [0.29, 0.717) is 12.6 Å². The maximum Gasteiger partial charge on any atom is 0.174 e. The van der Waals surface area contributed by atoms with Crippen LogP contribution in [0.25, 0.3) is 0 Å². The van der Waals surface area contributed by atoms with E-state index in [1.165, 1.54) is 31.4 Å². The minimum atomic E-state index is -0.0182. The smallest absolute Gasteiger partial charge is 0.174 e. The summed E-state index contributed by atoms with van der Waals surface area (Å²) in [5.74, 6) is 0.872. The second-order valence-electron chi connectivity index (χ2n) is 8.20. The Balaban J connectivity index is 1.58. The Morgan fingerprint density at radius 2 is 1.87 bits per heavy atom. The number of aromatic nitrogens is 2. The number of hydrogen-bond donors (Lipinski definition) is 1. The van der Waals surface area contributed by atoms with Crippen LogP contribution in [-0.4, -0.2) is 21.3 Å². The van der Waals surface area contributed by atoms with Crippen LogP contribution in [0.3, 0.4) is 0 Å². The molecule has 1 saturated carbocycles. The van der Waals surface area contributed by atoms with E-state index in [1.54, 1.807) is 0 Å². The molecule has 0 spiro atoms. The highest BCUT2D eigenvalue weighted by molar-refractivity contribution is 7.80. The van der Waals surface area contributed by atoms with Crippen LogP contribution >= 0.6 is 12.2 Å². The van der Waals surface area contributed by atoms with E-state index in [4.69, 9.17) is 17.0 Å². The van der Waals surface area contributed by atoms with Gasteiger partial charge in [-0.3, -0.25) is 4.98 Å². The van der Waals surface area contributed by atoms with Crippen LogP contribution in [0.15, 0.2) is 67.0 Å². The topological polar surface area (TPSA) is 42.3 Å². The number of thiocarbonyl (C=S) groups is 1. The van der Waals surface area contributed by atoms with Gasteiger partial charge in [0.1, 0.15) is 11.8 Å². The summed E-state index contributed by atoms with van der Waals surface area (Å²) in [4.78, 5) is 6.91. The maximum atomic E-state index is 5.86. The summed E-state index contributed by atoms with van der Waals surface area (Å²) >= 11 is 5.86. The average Bonchev–Trinajstić information content (AvgIpc) is 3.54. The van der Waals surface area contributed by atoms with E-state index in [9.17, 15) is 0 Å². The maximum absolute atomic E-state index is 5.86. The van der Waals surface area contributed by atoms with Gasteiger partial charge >= 0.3 is 0 Å². The third-order valence-corrected chi connectivity index (χ3v) is 6.67. The first-order valence-corrected chi connectivity index (χ1v) is 11.6. The van der Waals surface area contributed by atoms with Crippen LogP contribution in [0.5, 0.6) is 5.75 Å². The van der Waals surface area contributed by atoms with Crippen molar-refractivity contribution in [1.82, 2.24) is 14.9 Å². The molecule has 1 aromatic carbocycles. The van der Waals surface area contributed by atoms with Crippen molar-refractivity contribution < 1.29 is 4.74 Å². The quantitative estimate of drug-likeness (QED) is 0.516. The summed E-state index contributed by atoms with van der Waals surface area (Å²) in [5.41, 5.74) is 3.34. The molecule has 0 amide bonds. The molecule has 160 valence electrons. The van der Waals surface area contributed by atoms with Crippen LogP contribution in [0, 0.1) is 0 Å². The van der Waals surface area contributed by atoms with E-state index < -0.39 is 0 Å². The normalized spacial score (nSPS) is 21.5. The zero-order valence-corrected chi connectivity index (χ0v) is 18.6. The molecule has 3 aromatic rings. The van der Waals surface area contributed by atoms with Gasteiger partial charge < -0.3 is 19.5 Å². The molecule has 6 heteroatoms. The Morgan fingerprint density at radius 1 is 1.06 bits per heavy atom. The first-order valence-electron chi connectivity index (χ1n) is 11.2. The van der Waals surface area contributed by atoms with Gasteiger partial charge in [0, 0.05) is 29.8 Å². The van der Waals surface area contributed by atoms with Gasteiger partial charge in [-0.15, -0.1) is 0 Å². The van der Waals surface area contributed by atoms with Gasteiger partial charge in [-0.1, -0.05) is 18.9 Å². The van der Waals surface area contributed by atoms with Gasteiger partial charge in [-0.2, -0.15) is 0 Å². The van der Waals surface area contributed by atoms with Gasteiger partial charge in [0.25, 0.3) is 0 Å². The Labute approximate surface area is 189 Å². The lowest BCUT2D eigenvalue weighted by atomic mass is 10.00. The molecule has 2 atom stereocenters. The van der Waals surface area contributed by atoms with Gasteiger partial charge in [0.2, 0.25) is 0 Å². The number of rotatable bonds is 6. The third kappa shape index (κ3) is 3.81. The van der Waals surface area contributed by atoms with Gasteiger partial charge in [-0.25, -0.2) is 0 Å². The second kappa shape index (κ2) is 8.71. The van der Waals surface area contributed by atoms with Crippen molar-refractivity contribution in [2.75, 3.05) is 11.5 Å². The Morgan fingerprint density at radius 3 is 2.58 bits per heavy atom. The molecule has 5 rings (SSSR count). The lowest BCUT2D eigenvalue weighted by Gasteiger charge is -2.30. The predicted molar refractivity (Wildman–Crippen MR) is 127 cm³/mol. The molecule has 1 N–H and O–H groups in total. The average molecular weight is 433 g/mol. The number of pyridine rings is 1. The number of anilines is 1. The van der Waals surface area contributed by atoms with Crippen LogP contribution < -0.4 is 15.0 Å². The molecular weight excluding hydrogens is 404 g/mol. The summed E-state index contributed by atoms with van der Waals surface area (Å²) in [7, 11) is 0. The molecule has 5 nitrogen and oxygen atoms in total. The van der Waals surface area contributed by atoms with Crippen LogP contribution in [0.2, 0.25) is 0 Å². The van der Waals surface area contributed by atoms with Crippen molar-refractivity contribution in [3.8, 4) is 5.75 Å². The Bertz CT molecular complexity index is 1030. The number of benzene rings is 1. The zero-order chi connectivity index (χ0) is 21.2. The van der Waals surface area contributed by atoms with E-state index >= 15 is 0 Å². The van der Waals surface area contributed by atoms with Gasteiger partial charge in [0.05, 0.1) is 18.3 Å². The summed E-state index contributed by atoms with van der Waals surface area (Å²) in [6.45, 7) is 2.65. The van der Waals surface area contributed by atoms with E-state index in [-0.39, 0.29) is 12.1 Å². The number of hydrogen-bond acceptors (Lipinski definition) is 3. The standard InChI is InChI=1S/C25H28N4OS/c1-2-30-20-14-12-19(13-15-20)29-24(22-11-7-17-28(22)18-8-3-4-9-18)23(27-25(29)31)21-10-5-6-16-26-21/h5-7,10-18,23-24H,2-4,8-9H2,1H3,(H,27,31)/t23-,24+/m1/s1. The zero-order valence-electron chi connectivity index (χ0n) is 17.8. The highest BCUT2D eigenvalue weighted by atomic mass is 32.1. The SMILES string of the molecule is CCOc1ccc(N2C(=S)N[C@H](c3ccccn3)[C@@H]2c2cccn2C2CCCC2)cc1. The van der Waals surface area contributed by atoms with Crippen LogP contribution in [0.4, 0.5) is 5.69 Å². The fourth-order valence-electron chi connectivity index (χ4n) is 4.98. The Kier molecular flexibility index (Phi) is 5.64. The Hall–Kier alpha value is -2.86. The van der Waals surface area contributed by atoms with Crippen molar-refractivity contribution in [2.24, 2.45) is 0 Å². The first-order chi connectivity index (χ1) is 15.3. The van der Waals surface area contributed by atoms with Gasteiger partial charge in [-0.05, 0) is 80.5 Å². The minimum Gasteiger partial charge on any atom is -0.494 e. The minimum absolute atomic E-state index is 0.0182. The fourth-order valence-corrected chi connectivity index (χ4v) is 5.32. The predicted octanol–water partition coefficient (Wildman–Crippen LogP) is 5.57. The van der Waals surface area contributed by atoms with Gasteiger partial charge in [0.15, 0.2) is 5.11 Å². The highest BCUT2D eigenvalue weighted by Crippen LogP contribution is 2.43. The molecule has 2 aliphatic rings. The molecule has 1 saturated heterocycles. The van der Waals surface area contributed by atoms with Crippen molar-refractivity contribution in [3.63, 3.8) is 0 Å². The molecule has 1 aliphatic carbocycles. The second-order valence-corrected chi connectivity index (χ2v) is 8.59. The van der Waals surface area contributed by atoms with E-state index in [0.717, 1.165) is 22.2 Å². The molecule has 0 bridgehead atoms. The molecule has 2 aromatic heterocycles. The number of nitrogens with one attached hydrogen (secondary N) is 1. The summed E-state index contributed by atoms with van der Waals surface area (Å²) in [6.07, 6.45) is 9.17. The largest absolute Gasteiger partial charge is 0.494 e. The summed E-state index contributed by atoms with van der Waals surface area (Å²) in [6, 6.07) is 19.3. The highest BCUT2D eigenvalue weighted by Gasteiger charge is 2.42. The molecule has 0 unspecified atom stereocenters. The lowest BCUT2D eigenvalue weighted by molar-refractivity contribution is 0.340.